The molecule has 1 aromatic carbocycles. The van der Waals surface area contributed by atoms with Gasteiger partial charge in [0.25, 0.3) is 0 Å². The van der Waals surface area contributed by atoms with Crippen molar-refractivity contribution in [1.29, 1.82) is 0 Å². The van der Waals surface area contributed by atoms with E-state index in [1.165, 1.54) is 5.56 Å². The zero-order valence-electron chi connectivity index (χ0n) is 12.1. The highest BCUT2D eigenvalue weighted by Crippen LogP contribution is 2.15. The van der Waals surface area contributed by atoms with E-state index in [9.17, 15) is 4.79 Å². The van der Waals surface area contributed by atoms with Gasteiger partial charge in [0.1, 0.15) is 0 Å². The highest BCUT2D eigenvalue weighted by Gasteiger charge is 2.28. The first kappa shape index (κ1) is 15.0. The summed E-state index contributed by atoms with van der Waals surface area (Å²) in [4.78, 5) is 11.9. The molecule has 110 valence electrons. The van der Waals surface area contributed by atoms with E-state index >= 15 is 0 Å². The zero-order valence-corrected chi connectivity index (χ0v) is 12.1. The predicted octanol–water partition coefficient (Wildman–Crippen LogP) is 1.56. The Morgan fingerprint density at radius 3 is 2.85 bits per heavy atom. The van der Waals surface area contributed by atoms with E-state index < -0.39 is 0 Å². The molecular weight excluding hydrogens is 252 g/mol. The number of benzene rings is 1. The first-order chi connectivity index (χ1) is 9.77. The molecule has 0 spiro atoms. The maximum atomic E-state index is 11.9. The van der Waals surface area contributed by atoms with Gasteiger partial charge < -0.3 is 15.4 Å². The van der Waals surface area contributed by atoms with Crippen molar-refractivity contribution >= 4 is 5.91 Å². The first-order valence-corrected chi connectivity index (χ1v) is 7.37. The van der Waals surface area contributed by atoms with Gasteiger partial charge in [0, 0.05) is 19.7 Å². The van der Waals surface area contributed by atoms with Gasteiger partial charge in [-0.2, -0.15) is 0 Å². The second-order valence-electron chi connectivity index (χ2n) is 5.42. The van der Waals surface area contributed by atoms with Gasteiger partial charge in [-0.15, -0.1) is 0 Å². The molecule has 1 heterocycles. The van der Waals surface area contributed by atoms with Gasteiger partial charge in [0.05, 0.1) is 12.5 Å². The minimum absolute atomic E-state index is 0.125. The van der Waals surface area contributed by atoms with Crippen LogP contribution in [0.25, 0.3) is 0 Å². The van der Waals surface area contributed by atoms with Gasteiger partial charge in [-0.25, -0.2) is 0 Å². The van der Waals surface area contributed by atoms with Crippen LogP contribution < -0.4 is 10.6 Å². The summed E-state index contributed by atoms with van der Waals surface area (Å²) >= 11 is 0. The van der Waals surface area contributed by atoms with Crippen molar-refractivity contribution in [3.05, 3.63) is 35.9 Å². The molecule has 2 N–H and O–H groups in total. The number of rotatable bonds is 7. The summed E-state index contributed by atoms with van der Waals surface area (Å²) < 4.78 is 5.58. The molecule has 1 aromatic rings. The number of carbonyl (C=O) groups excluding carboxylic acids is 1. The van der Waals surface area contributed by atoms with Gasteiger partial charge >= 0.3 is 0 Å². The van der Waals surface area contributed by atoms with Gasteiger partial charge in [-0.3, -0.25) is 4.79 Å². The maximum Gasteiger partial charge on any atom is 0.224 e. The van der Waals surface area contributed by atoms with E-state index in [0.717, 1.165) is 19.5 Å². The molecule has 4 heteroatoms. The van der Waals surface area contributed by atoms with Crippen LogP contribution in [0.2, 0.25) is 0 Å². The monoisotopic (exact) mass is 276 g/mol. The Hall–Kier alpha value is -1.39. The molecule has 0 radical (unpaired) electrons. The van der Waals surface area contributed by atoms with E-state index in [2.05, 4.69) is 29.7 Å². The molecule has 1 amide bonds. The molecule has 2 atom stereocenters. The fraction of sp³-hybridized carbons (Fsp3) is 0.562. The molecule has 1 fully saturated rings. The molecule has 0 aromatic heterocycles. The van der Waals surface area contributed by atoms with Crippen molar-refractivity contribution < 1.29 is 9.53 Å². The van der Waals surface area contributed by atoms with E-state index in [4.69, 9.17) is 4.74 Å². The largest absolute Gasteiger partial charge is 0.377 e. The molecule has 1 aliphatic rings. The summed E-state index contributed by atoms with van der Waals surface area (Å²) in [6.45, 7) is 5.87. The Kier molecular flexibility index (Phi) is 6.02. The predicted molar refractivity (Wildman–Crippen MR) is 79.2 cm³/mol. The lowest BCUT2D eigenvalue weighted by atomic mass is 9.97. The molecular formula is C16H24N2O2. The van der Waals surface area contributed by atoms with Crippen molar-refractivity contribution in [2.45, 2.75) is 20.0 Å². The molecule has 0 saturated carbocycles. The fourth-order valence-corrected chi connectivity index (χ4v) is 2.44. The average Bonchev–Trinajstić information content (AvgIpc) is 2.90. The Labute approximate surface area is 120 Å². The molecule has 0 unspecified atom stereocenters. The summed E-state index contributed by atoms with van der Waals surface area (Å²) in [7, 11) is 0. The lowest BCUT2D eigenvalue weighted by molar-refractivity contribution is -0.125. The van der Waals surface area contributed by atoms with E-state index in [1.54, 1.807) is 0 Å². The molecule has 1 saturated heterocycles. The Morgan fingerprint density at radius 1 is 1.35 bits per heavy atom. The molecule has 1 aliphatic heterocycles. The molecule has 0 aliphatic carbocycles. The summed E-state index contributed by atoms with van der Waals surface area (Å²) in [5.74, 6) is 0.732. The van der Waals surface area contributed by atoms with Crippen LogP contribution in [0.15, 0.2) is 30.3 Å². The normalized spacial score (nSPS) is 21.9. The zero-order chi connectivity index (χ0) is 14.2. The Morgan fingerprint density at radius 2 is 2.15 bits per heavy atom. The summed E-state index contributed by atoms with van der Waals surface area (Å²) in [6.07, 6.45) is 0.854. The summed E-state index contributed by atoms with van der Waals surface area (Å²) in [5, 5.41) is 6.24. The number of nitrogens with one attached hydrogen (secondary N) is 2. The van der Waals surface area contributed by atoms with Crippen LogP contribution in [0.1, 0.15) is 18.9 Å². The number of ether oxygens (including phenoxy) is 1. The third-order valence-corrected chi connectivity index (χ3v) is 3.73. The topological polar surface area (TPSA) is 50.4 Å². The average molecular weight is 276 g/mol. The second kappa shape index (κ2) is 8.02. The summed E-state index contributed by atoms with van der Waals surface area (Å²) in [6, 6.07) is 10.1. The van der Waals surface area contributed by atoms with Crippen molar-refractivity contribution in [2.24, 2.45) is 11.8 Å². The van der Waals surface area contributed by atoms with Gasteiger partial charge in [0.15, 0.2) is 0 Å². The van der Waals surface area contributed by atoms with Crippen LogP contribution >= 0.6 is 0 Å². The van der Waals surface area contributed by atoms with Crippen LogP contribution in [0.4, 0.5) is 0 Å². The molecule has 20 heavy (non-hydrogen) atoms. The van der Waals surface area contributed by atoms with Gasteiger partial charge in [0.2, 0.25) is 5.91 Å². The van der Waals surface area contributed by atoms with Crippen molar-refractivity contribution in [2.75, 3.05) is 26.2 Å². The molecule has 2 rings (SSSR count). The standard InChI is InChI=1S/C16H24N2O2/c1-13-10-17-11-15(13)16(19)18-8-5-9-20-12-14-6-3-2-4-7-14/h2-4,6-7,13,15,17H,5,8-12H2,1H3,(H,18,19)/t13-,15-/m1/s1. The Balaban J connectivity index is 1.52. The SMILES string of the molecule is C[C@@H]1CNC[C@H]1C(=O)NCCCOCc1ccccc1. The maximum absolute atomic E-state index is 11.9. The van der Waals surface area contributed by atoms with Crippen molar-refractivity contribution in [3.8, 4) is 0 Å². The van der Waals surface area contributed by atoms with Crippen LogP contribution in [-0.4, -0.2) is 32.1 Å². The van der Waals surface area contributed by atoms with E-state index in [-0.39, 0.29) is 11.8 Å². The Bertz CT molecular complexity index is 408. The highest BCUT2D eigenvalue weighted by molar-refractivity contribution is 5.79. The van der Waals surface area contributed by atoms with Crippen LogP contribution in [0.3, 0.4) is 0 Å². The minimum Gasteiger partial charge on any atom is -0.377 e. The minimum atomic E-state index is 0.125. The number of hydrogen-bond donors (Lipinski definition) is 2. The third-order valence-electron chi connectivity index (χ3n) is 3.73. The number of amides is 1. The number of carbonyl (C=O) groups is 1. The van der Waals surface area contributed by atoms with Crippen LogP contribution in [0.5, 0.6) is 0 Å². The molecule has 4 nitrogen and oxygen atoms in total. The molecule has 0 bridgehead atoms. The highest BCUT2D eigenvalue weighted by atomic mass is 16.5. The van der Waals surface area contributed by atoms with Crippen molar-refractivity contribution in [1.82, 2.24) is 10.6 Å². The van der Waals surface area contributed by atoms with Crippen LogP contribution in [-0.2, 0) is 16.1 Å². The lowest BCUT2D eigenvalue weighted by Crippen LogP contribution is -2.35. The van der Waals surface area contributed by atoms with E-state index in [1.807, 2.05) is 18.2 Å². The summed E-state index contributed by atoms with van der Waals surface area (Å²) in [5.41, 5.74) is 1.18. The number of hydrogen-bond acceptors (Lipinski definition) is 3. The first-order valence-electron chi connectivity index (χ1n) is 7.37. The third kappa shape index (κ3) is 4.62. The smallest absolute Gasteiger partial charge is 0.224 e. The fourth-order valence-electron chi connectivity index (χ4n) is 2.44. The quantitative estimate of drug-likeness (QED) is 0.743. The van der Waals surface area contributed by atoms with Gasteiger partial charge in [-0.1, -0.05) is 37.3 Å². The lowest BCUT2D eigenvalue weighted by Gasteiger charge is -2.14. The van der Waals surface area contributed by atoms with Gasteiger partial charge in [-0.05, 0) is 24.4 Å². The van der Waals surface area contributed by atoms with E-state index in [0.29, 0.717) is 25.7 Å². The van der Waals surface area contributed by atoms with Crippen LogP contribution in [0, 0.1) is 11.8 Å². The second-order valence-corrected chi connectivity index (χ2v) is 5.42. The van der Waals surface area contributed by atoms with Crippen molar-refractivity contribution in [3.63, 3.8) is 0 Å².